The summed E-state index contributed by atoms with van der Waals surface area (Å²) in [6.07, 6.45) is 0. The van der Waals surface area contributed by atoms with Crippen molar-refractivity contribution in [1.29, 1.82) is 0 Å². The summed E-state index contributed by atoms with van der Waals surface area (Å²) in [6, 6.07) is 8.35. The summed E-state index contributed by atoms with van der Waals surface area (Å²) in [4.78, 5) is 8.02. The van der Waals surface area contributed by atoms with Gasteiger partial charge in [0.05, 0.1) is 9.48 Å². The molecule has 0 unspecified atom stereocenters. The molecule has 4 heteroatoms. The fourth-order valence-corrected chi connectivity index (χ4v) is 3.50. The van der Waals surface area contributed by atoms with E-state index in [0.717, 1.165) is 14.5 Å². The highest BCUT2D eigenvalue weighted by Crippen LogP contribution is 2.37. The molecule has 0 saturated carbocycles. The molecule has 0 atom stereocenters. The van der Waals surface area contributed by atoms with Gasteiger partial charge in [0, 0.05) is 22.2 Å². The van der Waals surface area contributed by atoms with Crippen LogP contribution in [0.3, 0.4) is 0 Å². The van der Waals surface area contributed by atoms with Crippen LogP contribution in [0.2, 0.25) is 0 Å². The van der Waals surface area contributed by atoms with Gasteiger partial charge >= 0.3 is 0 Å². The molecule has 86 valence electrons. The molecular formula is C13H11BrN2S. The quantitative estimate of drug-likeness (QED) is 0.695. The molecule has 0 saturated heterocycles. The van der Waals surface area contributed by atoms with Crippen LogP contribution in [-0.4, -0.2) is 9.97 Å². The first kappa shape index (κ1) is 11.0. The number of benzene rings is 1. The molecule has 0 aliphatic carbocycles. The molecule has 2 nitrogen and oxygen atoms in total. The standard InChI is InChI=1S/C13H11BrN2S/c1-7-11(13-16-8(2)12(14)17-13)9-5-3-4-6-10(9)15-7/h3-6,15H,1-2H3. The van der Waals surface area contributed by atoms with Crippen LogP contribution in [0.4, 0.5) is 0 Å². The van der Waals surface area contributed by atoms with Gasteiger partial charge in [0.25, 0.3) is 0 Å². The van der Waals surface area contributed by atoms with Crippen LogP contribution in [0.25, 0.3) is 21.5 Å². The highest BCUT2D eigenvalue weighted by molar-refractivity contribution is 9.11. The second-order valence-corrected chi connectivity index (χ2v) is 6.37. The van der Waals surface area contributed by atoms with Crippen molar-refractivity contribution < 1.29 is 0 Å². The third kappa shape index (κ3) is 1.72. The monoisotopic (exact) mass is 306 g/mol. The number of nitrogens with zero attached hydrogens (tertiary/aromatic N) is 1. The predicted octanol–water partition coefficient (Wildman–Crippen LogP) is 4.67. The lowest BCUT2D eigenvalue weighted by Crippen LogP contribution is -1.78. The molecule has 0 fully saturated rings. The minimum absolute atomic E-state index is 1.05. The van der Waals surface area contributed by atoms with E-state index in [1.54, 1.807) is 11.3 Å². The first-order valence-corrected chi connectivity index (χ1v) is 6.98. The van der Waals surface area contributed by atoms with Crippen LogP contribution in [-0.2, 0) is 0 Å². The Balaban J connectivity index is 2.33. The second kappa shape index (κ2) is 3.96. The summed E-state index contributed by atoms with van der Waals surface area (Å²) in [6.45, 7) is 4.12. The lowest BCUT2D eigenvalue weighted by atomic mass is 10.1. The number of aromatic nitrogens is 2. The fraction of sp³-hybridized carbons (Fsp3) is 0.154. The summed E-state index contributed by atoms with van der Waals surface area (Å²) in [7, 11) is 0. The van der Waals surface area contributed by atoms with Gasteiger partial charge in [0.1, 0.15) is 5.01 Å². The normalized spacial score (nSPS) is 11.2. The van der Waals surface area contributed by atoms with Gasteiger partial charge in [-0.1, -0.05) is 18.2 Å². The van der Waals surface area contributed by atoms with E-state index in [1.807, 2.05) is 13.0 Å². The number of hydrogen-bond acceptors (Lipinski definition) is 2. The van der Waals surface area contributed by atoms with Crippen molar-refractivity contribution in [3.8, 4) is 10.6 Å². The number of aromatic amines is 1. The van der Waals surface area contributed by atoms with Crippen molar-refractivity contribution in [2.24, 2.45) is 0 Å². The Hall–Kier alpha value is -1.13. The fourth-order valence-electron chi connectivity index (χ4n) is 2.04. The first-order chi connectivity index (χ1) is 8.16. The summed E-state index contributed by atoms with van der Waals surface area (Å²) in [5.74, 6) is 0. The smallest absolute Gasteiger partial charge is 0.127 e. The summed E-state index contributed by atoms with van der Waals surface area (Å²) in [5, 5.41) is 2.32. The van der Waals surface area contributed by atoms with E-state index >= 15 is 0 Å². The zero-order chi connectivity index (χ0) is 12.0. The summed E-state index contributed by atoms with van der Waals surface area (Å²) < 4.78 is 1.11. The highest BCUT2D eigenvalue weighted by atomic mass is 79.9. The van der Waals surface area contributed by atoms with Crippen molar-refractivity contribution in [3.05, 3.63) is 39.4 Å². The van der Waals surface area contributed by atoms with E-state index in [9.17, 15) is 0 Å². The maximum absolute atomic E-state index is 4.62. The highest BCUT2D eigenvalue weighted by Gasteiger charge is 2.14. The Morgan fingerprint density at radius 3 is 2.71 bits per heavy atom. The Bertz CT molecular complexity index is 677. The largest absolute Gasteiger partial charge is 0.358 e. The van der Waals surface area contributed by atoms with Crippen molar-refractivity contribution in [2.45, 2.75) is 13.8 Å². The maximum Gasteiger partial charge on any atom is 0.127 e. The number of hydrogen-bond donors (Lipinski definition) is 1. The SMILES string of the molecule is Cc1nc(-c2c(C)[nH]c3ccccc23)sc1Br. The number of aryl methyl sites for hydroxylation is 2. The van der Waals surface area contributed by atoms with Crippen LogP contribution in [0.5, 0.6) is 0 Å². The van der Waals surface area contributed by atoms with Gasteiger partial charge < -0.3 is 4.98 Å². The number of H-pyrrole nitrogens is 1. The molecule has 2 aromatic heterocycles. The van der Waals surface area contributed by atoms with Crippen LogP contribution in [0.15, 0.2) is 28.1 Å². The van der Waals surface area contributed by atoms with Crippen molar-refractivity contribution in [3.63, 3.8) is 0 Å². The van der Waals surface area contributed by atoms with Gasteiger partial charge in [0.2, 0.25) is 0 Å². The van der Waals surface area contributed by atoms with Gasteiger partial charge in [-0.25, -0.2) is 4.98 Å². The van der Waals surface area contributed by atoms with E-state index in [4.69, 9.17) is 0 Å². The van der Waals surface area contributed by atoms with Gasteiger partial charge in [-0.2, -0.15) is 0 Å². The summed E-state index contributed by atoms with van der Waals surface area (Å²) >= 11 is 5.22. The van der Waals surface area contributed by atoms with E-state index in [-0.39, 0.29) is 0 Å². The molecular weight excluding hydrogens is 296 g/mol. The molecule has 3 rings (SSSR count). The third-order valence-electron chi connectivity index (χ3n) is 2.85. The van der Waals surface area contributed by atoms with Crippen LogP contribution >= 0.6 is 27.3 Å². The lowest BCUT2D eigenvalue weighted by Gasteiger charge is -1.95. The predicted molar refractivity (Wildman–Crippen MR) is 76.6 cm³/mol. The zero-order valence-corrected chi connectivity index (χ0v) is 11.9. The molecule has 3 aromatic rings. The molecule has 0 spiro atoms. The first-order valence-electron chi connectivity index (χ1n) is 5.37. The number of rotatable bonds is 1. The minimum atomic E-state index is 1.05. The van der Waals surface area contributed by atoms with Gasteiger partial charge in [0.15, 0.2) is 0 Å². The van der Waals surface area contributed by atoms with E-state index in [0.29, 0.717) is 0 Å². The maximum atomic E-state index is 4.62. The topological polar surface area (TPSA) is 28.7 Å². The molecule has 0 aliphatic heterocycles. The average molecular weight is 307 g/mol. The number of halogens is 1. The number of fused-ring (bicyclic) bond motifs is 1. The van der Waals surface area contributed by atoms with Gasteiger partial charge in [-0.05, 0) is 35.8 Å². The van der Waals surface area contributed by atoms with Crippen molar-refractivity contribution in [1.82, 2.24) is 9.97 Å². The molecule has 17 heavy (non-hydrogen) atoms. The Kier molecular flexibility index (Phi) is 2.56. The number of thiazole rings is 1. The van der Waals surface area contributed by atoms with Crippen LogP contribution < -0.4 is 0 Å². The molecule has 0 aliphatic rings. The average Bonchev–Trinajstić information content (AvgIpc) is 2.78. The van der Waals surface area contributed by atoms with E-state index in [1.165, 1.54) is 22.2 Å². The Morgan fingerprint density at radius 2 is 2.00 bits per heavy atom. The molecule has 0 amide bonds. The number of nitrogens with one attached hydrogen (secondary N) is 1. The van der Waals surface area contributed by atoms with Crippen molar-refractivity contribution in [2.75, 3.05) is 0 Å². The minimum Gasteiger partial charge on any atom is -0.358 e. The zero-order valence-electron chi connectivity index (χ0n) is 9.54. The Labute approximate surface area is 112 Å². The number of para-hydroxylation sites is 1. The molecule has 2 heterocycles. The van der Waals surface area contributed by atoms with E-state index in [2.05, 4.69) is 51.0 Å². The van der Waals surface area contributed by atoms with Crippen LogP contribution in [0, 0.1) is 13.8 Å². The second-order valence-electron chi connectivity index (χ2n) is 4.05. The van der Waals surface area contributed by atoms with E-state index < -0.39 is 0 Å². The van der Waals surface area contributed by atoms with Gasteiger partial charge in [-0.15, -0.1) is 11.3 Å². The third-order valence-corrected chi connectivity index (χ3v) is 4.87. The molecule has 1 N–H and O–H groups in total. The van der Waals surface area contributed by atoms with Crippen LogP contribution in [0.1, 0.15) is 11.4 Å². The van der Waals surface area contributed by atoms with Gasteiger partial charge in [-0.3, -0.25) is 0 Å². The summed E-state index contributed by atoms with van der Waals surface area (Å²) in [5.41, 5.74) is 4.62. The molecule has 0 radical (unpaired) electrons. The molecule has 0 bridgehead atoms. The molecule has 1 aromatic carbocycles. The van der Waals surface area contributed by atoms with Crippen molar-refractivity contribution >= 4 is 38.2 Å². The lowest BCUT2D eigenvalue weighted by molar-refractivity contribution is 1.24. The Morgan fingerprint density at radius 1 is 1.24 bits per heavy atom.